The Labute approximate surface area is 296 Å². The van der Waals surface area contributed by atoms with E-state index in [0.717, 1.165) is 57.8 Å². The summed E-state index contributed by atoms with van der Waals surface area (Å²) in [5, 5.41) is 10.6. The van der Waals surface area contributed by atoms with Crippen LogP contribution in [0.25, 0.3) is 0 Å². The van der Waals surface area contributed by atoms with Crippen molar-refractivity contribution in [3.05, 3.63) is 0 Å². The van der Waals surface area contributed by atoms with Crippen molar-refractivity contribution in [2.45, 2.75) is 195 Å². The number of esters is 4. The van der Waals surface area contributed by atoms with Crippen molar-refractivity contribution < 1.29 is 43.2 Å². The highest BCUT2D eigenvalue weighted by Crippen LogP contribution is 2.59. The number of carbonyl (C=O) groups excluding carboxylic acids is 4. The van der Waals surface area contributed by atoms with Crippen molar-refractivity contribution in [2.75, 3.05) is 6.61 Å². The molecule has 4 bridgehead atoms. The molecule has 49 heavy (non-hydrogen) atoms. The maximum Gasteiger partial charge on any atom is 0.347 e. The molecule has 9 heteroatoms. The van der Waals surface area contributed by atoms with Crippen LogP contribution in [0, 0.1) is 28.1 Å². The second-order valence-corrected chi connectivity index (χ2v) is 17.8. The van der Waals surface area contributed by atoms with Crippen LogP contribution in [-0.4, -0.2) is 58.5 Å². The molecule has 0 spiro atoms. The van der Waals surface area contributed by atoms with E-state index in [1.807, 2.05) is 48.5 Å². The predicted octanol–water partition coefficient (Wildman–Crippen LogP) is 8.41. The first kappa shape index (κ1) is 41.3. The van der Waals surface area contributed by atoms with Gasteiger partial charge in [0.25, 0.3) is 0 Å². The maximum atomic E-state index is 12.4. The maximum absolute atomic E-state index is 12.4. The van der Waals surface area contributed by atoms with Gasteiger partial charge in [-0.1, -0.05) is 34.1 Å². The lowest BCUT2D eigenvalue weighted by Gasteiger charge is -2.59. The zero-order valence-electron chi connectivity index (χ0n) is 32.5. The smallest absolute Gasteiger partial charge is 0.347 e. The number of cyclic esters (lactones) is 1. The van der Waals surface area contributed by atoms with Crippen LogP contribution in [0.5, 0.6) is 0 Å². The summed E-state index contributed by atoms with van der Waals surface area (Å²) in [6.45, 7) is 19.9. The summed E-state index contributed by atoms with van der Waals surface area (Å²) >= 11 is 0. The molecule has 0 aromatic rings. The highest BCUT2D eigenvalue weighted by atomic mass is 16.6. The summed E-state index contributed by atoms with van der Waals surface area (Å²) < 4.78 is 21.6. The van der Waals surface area contributed by atoms with Crippen LogP contribution in [0.15, 0.2) is 0 Å². The number of carbonyl (C=O) groups is 4. The Morgan fingerprint density at radius 2 is 1.24 bits per heavy atom. The minimum atomic E-state index is -0.687. The Balaban J connectivity index is 0.000000202. The molecule has 1 heterocycles. The highest BCUT2D eigenvalue weighted by molar-refractivity contribution is 5.82. The van der Waals surface area contributed by atoms with Gasteiger partial charge >= 0.3 is 23.9 Å². The summed E-state index contributed by atoms with van der Waals surface area (Å²) in [7, 11) is 0. The third kappa shape index (κ3) is 10.4. The van der Waals surface area contributed by atoms with E-state index in [-0.39, 0.29) is 34.5 Å². The van der Waals surface area contributed by atoms with E-state index >= 15 is 0 Å². The zero-order chi connectivity index (χ0) is 36.9. The van der Waals surface area contributed by atoms with Gasteiger partial charge in [-0.2, -0.15) is 0 Å². The van der Waals surface area contributed by atoms with Crippen LogP contribution in [0.1, 0.15) is 172 Å². The highest BCUT2D eigenvalue weighted by Gasteiger charge is 2.59. The summed E-state index contributed by atoms with van der Waals surface area (Å²) in [6.07, 6.45) is 14.5. The Kier molecular flexibility index (Phi) is 13.5. The third-order valence-corrected chi connectivity index (χ3v) is 12.5. The van der Waals surface area contributed by atoms with Gasteiger partial charge in [-0.15, -0.1) is 0 Å². The van der Waals surface area contributed by atoms with Crippen molar-refractivity contribution in [3.8, 4) is 0 Å². The molecule has 1 aliphatic heterocycles. The van der Waals surface area contributed by atoms with Crippen LogP contribution >= 0.6 is 0 Å². The molecule has 5 aliphatic carbocycles. The fourth-order valence-electron chi connectivity index (χ4n) is 7.95. The van der Waals surface area contributed by atoms with Crippen LogP contribution in [0.3, 0.4) is 0 Å². The Morgan fingerprint density at radius 1 is 0.755 bits per heavy atom. The molecule has 3 unspecified atom stereocenters. The summed E-state index contributed by atoms with van der Waals surface area (Å²) in [5.74, 6) is 0.265. The van der Waals surface area contributed by atoms with Crippen molar-refractivity contribution >= 4 is 23.9 Å². The molecular formula is C40H68O9. The standard InChI is InChI=1S/C16H26O3.C14H26O2.C10H16O4/c1-4-14(2,3)13(17)19-16-8-11-5-12(9-16)7-15(18,6-11)10-16;1-5-13(3,4)12(15)16-14(6-2)10-8-7-9-11-14;1-4-10(2,3)9(12)14-7-5-6-13-8(7)11/h11-12,18H,4-10H2,1-3H3;5-11H2,1-4H3;7H,4-6H2,1-3H3. The van der Waals surface area contributed by atoms with Crippen molar-refractivity contribution in [3.63, 3.8) is 0 Å². The fourth-order valence-corrected chi connectivity index (χ4v) is 7.95. The van der Waals surface area contributed by atoms with Gasteiger partial charge in [0.2, 0.25) is 6.10 Å². The van der Waals surface area contributed by atoms with E-state index in [1.54, 1.807) is 13.8 Å². The summed E-state index contributed by atoms with van der Waals surface area (Å²) in [6, 6.07) is 0. The van der Waals surface area contributed by atoms with Gasteiger partial charge < -0.3 is 24.1 Å². The number of hydrogen-bond donors (Lipinski definition) is 1. The number of hydrogen-bond acceptors (Lipinski definition) is 9. The van der Waals surface area contributed by atoms with Crippen LogP contribution in [-0.2, 0) is 38.1 Å². The lowest BCUT2D eigenvalue weighted by Crippen LogP contribution is -2.61. The quantitative estimate of drug-likeness (QED) is 0.177. The molecule has 0 aromatic carbocycles. The van der Waals surface area contributed by atoms with E-state index in [1.165, 1.54) is 25.7 Å². The van der Waals surface area contributed by atoms with E-state index in [0.29, 0.717) is 37.7 Å². The monoisotopic (exact) mass is 692 g/mol. The first-order valence-corrected chi connectivity index (χ1v) is 19.3. The van der Waals surface area contributed by atoms with Gasteiger partial charge in [-0.3, -0.25) is 14.4 Å². The molecule has 1 saturated heterocycles. The summed E-state index contributed by atoms with van der Waals surface area (Å²) in [4.78, 5) is 47.1. The minimum absolute atomic E-state index is 0.0150. The molecule has 9 nitrogen and oxygen atoms in total. The van der Waals surface area contributed by atoms with Crippen molar-refractivity contribution in [1.29, 1.82) is 0 Å². The number of rotatable bonds is 10. The Hall–Kier alpha value is -2.16. The molecule has 6 rings (SSSR count). The van der Waals surface area contributed by atoms with Gasteiger partial charge in [-0.05, 0) is 137 Å². The molecule has 6 aliphatic rings. The minimum Gasteiger partial charge on any atom is -0.463 e. The molecule has 6 fully saturated rings. The van der Waals surface area contributed by atoms with Crippen LogP contribution < -0.4 is 0 Å². The lowest BCUT2D eigenvalue weighted by molar-refractivity contribution is -0.225. The molecule has 3 atom stereocenters. The topological polar surface area (TPSA) is 125 Å². The van der Waals surface area contributed by atoms with Gasteiger partial charge in [0, 0.05) is 12.8 Å². The predicted molar refractivity (Wildman–Crippen MR) is 188 cm³/mol. The molecular weight excluding hydrogens is 624 g/mol. The van der Waals surface area contributed by atoms with E-state index in [4.69, 9.17) is 18.9 Å². The van der Waals surface area contributed by atoms with E-state index < -0.39 is 28.5 Å². The first-order valence-electron chi connectivity index (χ1n) is 19.3. The fraction of sp³-hybridized carbons (Fsp3) is 0.900. The van der Waals surface area contributed by atoms with Gasteiger partial charge in [0.15, 0.2) is 0 Å². The van der Waals surface area contributed by atoms with Gasteiger partial charge in [-0.25, -0.2) is 4.79 Å². The Bertz CT molecular complexity index is 1150. The lowest BCUT2D eigenvalue weighted by atomic mass is 9.52. The molecule has 5 saturated carbocycles. The second kappa shape index (κ2) is 16.0. The number of aliphatic hydroxyl groups is 1. The molecule has 282 valence electrons. The third-order valence-electron chi connectivity index (χ3n) is 12.5. The van der Waals surface area contributed by atoms with Crippen molar-refractivity contribution in [2.24, 2.45) is 28.1 Å². The summed E-state index contributed by atoms with van der Waals surface area (Å²) in [5.41, 5.74) is -2.33. The molecule has 1 N–H and O–H groups in total. The second-order valence-electron chi connectivity index (χ2n) is 17.8. The molecule has 0 amide bonds. The zero-order valence-corrected chi connectivity index (χ0v) is 32.5. The van der Waals surface area contributed by atoms with Crippen molar-refractivity contribution in [1.82, 2.24) is 0 Å². The first-order chi connectivity index (χ1) is 22.7. The Morgan fingerprint density at radius 3 is 1.67 bits per heavy atom. The normalized spacial score (nSPS) is 30.2. The average Bonchev–Trinajstić information content (AvgIpc) is 3.44. The van der Waals surface area contributed by atoms with Gasteiger partial charge in [0.05, 0.1) is 28.5 Å². The van der Waals surface area contributed by atoms with E-state index in [9.17, 15) is 24.3 Å². The van der Waals surface area contributed by atoms with E-state index in [2.05, 4.69) is 6.92 Å². The molecule has 0 radical (unpaired) electrons. The number of ether oxygens (including phenoxy) is 4. The molecule has 0 aromatic heterocycles. The van der Waals surface area contributed by atoms with Gasteiger partial charge in [0.1, 0.15) is 11.2 Å². The van der Waals surface area contributed by atoms with Crippen LogP contribution in [0.2, 0.25) is 0 Å². The van der Waals surface area contributed by atoms with Crippen LogP contribution in [0.4, 0.5) is 0 Å². The average molecular weight is 693 g/mol. The SMILES string of the molecule is CCC(C)(C)C(=O)OC12CC3CC(CC(O)(C3)C1)C2.CCC(C)(C)C(=O)OC1CCOC1=O.CCC1(OC(=O)C(C)(C)CC)CCCCC1. The largest absolute Gasteiger partial charge is 0.463 e.